The van der Waals surface area contributed by atoms with Gasteiger partial charge in [-0.1, -0.05) is 45.0 Å². The fourth-order valence-electron chi connectivity index (χ4n) is 2.07. The number of carbonyl (C=O) groups is 1. The monoisotopic (exact) mass is 202 g/mol. The van der Waals surface area contributed by atoms with Crippen molar-refractivity contribution >= 4 is 5.78 Å². The fourth-order valence-corrected chi connectivity index (χ4v) is 2.07. The highest BCUT2D eigenvalue weighted by atomic mass is 16.1. The van der Waals surface area contributed by atoms with Gasteiger partial charge < -0.3 is 0 Å². The Labute approximate surface area is 91.5 Å². The predicted octanol–water partition coefficient (Wildman–Crippen LogP) is 3.33. The Morgan fingerprint density at radius 3 is 2.60 bits per heavy atom. The first-order valence-electron chi connectivity index (χ1n) is 5.59. The number of Topliss-reactive ketones (excluding diaryl/α,β-unsaturated/α-hetero) is 1. The molecule has 0 aliphatic heterocycles. The summed E-state index contributed by atoms with van der Waals surface area (Å²) in [5.41, 5.74) is 2.61. The average Bonchev–Trinajstić information content (AvgIpc) is 2.12. The largest absolute Gasteiger partial charge is 0.299 e. The maximum absolute atomic E-state index is 11.9. The molecule has 0 bridgehead atoms. The van der Waals surface area contributed by atoms with E-state index in [1.54, 1.807) is 0 Å². The number of benzene rings is 1. The zero-order valence-electron chi connectivity index (χ0n) is 9.71. The lowest BCUT2D eigenvalue weighted by atomic mass is 9.72. The van der Waals surface area contributed by atoms with E-state index < -0.39 is 0 Å². The van der Waals surface area contributed by atoms with Crippen molar-refractivity contribution in [2.45, 2.75) is 39.5 Å². The highest BCUT2D eigenvalue weighted by Crippen LogP contribution is 2.38. The van der Waals surface area contributed by atoms with Crippen molar-refractivity contribution in [1.82, 2.24) is 0 Å². The van der Waals surface area contributed by atoms with Gasteiger partial charge in [0.05, 0.1) is 0 Å². The second-order valence-corrected chi connectivity index (χ2v) is 5.48. The summed E-state index contributed by atoms with van der Waals surface area (Å²) >= 11 is 0. The molecule has 80 valence electrons. The lowest BCUT2D eigenvalue weighted by Gasteiger charge is -2.31. The van der Waals surface area contributed by atoms with Gasteiger partial charge in [0.2, 0.25) is 0 Å². The van der Waals surface area contributed by atoms with Crippen molar-refractivity contribution in [3.63, 3.8) is 0 Å². The van der Waals surface area contributed by atoms with Crippen molar-refractivity contribution in [2.75, 3.05) is 0 Å². The molecule has 0 spiro atoms. The number of rotatable bonds is 2. The molecule has 0 amide bonds. The summed E-state index contributed by atoms with van der Waals surface area (Å²) < 4.78 is 0. The molecule has 1 nitrogen and oxygen atoms in total. The fraction of sp³-hybridized carbons (Fsp3) is 0.500. The summed E-state index contributed by atoms with van der Waals surface area (Å²) in [6.45, 7) is 6.00. The van der Waals surface area contributed by atoms with Crippen LogP contribution in [0.25, 0.3) is 0 Å². The third-order valence-electron chi connectivity index (χ3n) is 3.23. The van der Waals surface area contributed by atoms with Crippen LogP contribution >= 0.6 is 0 Å². The Kier molecular flexibility index (Phi) is 2.41. The molecule has 1 aliphatic rings. The zero-order chi connectivity index (χ0) is 11.1. The van der Waals surface area contributed by atoms with Crippen LogP contribution in [0.15, 0.2) is 24.3 Å². The summed E-state index contributed by atoms with van der Waals surface area (Å²) in [6.07, 6.45) is 1.79. The number of hydrogen-bond acceptors (Lipinski definition) is 1. The molecular weight excluding hydrogens is 184 g/mol. The molecule has 1 aromatic carbocycles. The molecule has 0 fully saturated rings. The smallest absolute Gasteiger partial charge is 0.138 e. The first-order chi connectivity index (χ1) is 6.98. The van der Waals surface area contributed by atoms with Crippen LogP contribution < -0.4 is 0 Å². The average molecular weight is 202 g/mol. The molecule has 0 radical (unpaired) electrons. The van der Waals surface area contributed by atoms with E-state index in [1.807, 2.05) is 20.8 Å². The molecule has 1 atom stereocenters. The number of fused-ring (bicyclic) bond motifs is 1. The maximum atomic E-state index is 11.9. The molecule has 0 saturated heterocycles. The highest BCUT2D eigenvalue weighted by Gasteiger charge is 2.31. The van der Waals surface area contributed by atoms with Crippen LogP contribution in [0.1, 0.15) is 44.2 Å². The zero-order valence-corrected chi connectivity index (χ0v) is 9.71. The molecule has 1 heteroatoms. The third-order valence-corrected chi connectivity index (χ3v) is 3.23. The van der Waals surface area contributed by atoms with Gasteiger partial charge in [0.15, 0.2) is 0 Å². The van der Waals surface area contributed by atoms with Crippen molar-refractivity contribution < 1.29 is 4.79 Å². The van der Waals surface area contributed by atoms with Gasteiger partial charge >= 0.3 is 0 Å². The van der Waals surface area contributed by atoms with Crippen molar-refractivity contribution in [2.24, 2.45) is 5.41 Å². The molecule has 1 unspecified atom stereocenters. The molecule has 0 saturated carbocycles. The van der Waals surface area contributed by atoms with Gasteiger partial charge in [-0.3, -0.25) is 4.79 Å². The standard InChI is InChI=1S/C14H18O/c1-14(2,3)13(15)9-11-8-10-6-4-5-7-12(10)11/h4-7,11H,8-9H2,1-3H3. The Morgan fingerprint density at radius 1 is 1.33 bits per heavy atom. The minimum absolute atomic E-state index is 0.190. The first-order valence-corrected chi connectivity index (χ1v) is 5.59. The Hall–Kier alpha value is -1.11. The van der Waals surface area contributed by atoms with E-state index in [4.69, 9.17) is 0 Å². The molecule has 0 heterocycles. The van der Waals surface area contributed by atoms with Gasteiger partial charge in [0.25, 0.3) is 0 Å². The molecule has 1 aromatic rings. The van der Waals surface area contributed by atoms with E-state index in [1.165, 1.54) is 11.1 Å². The predicted molar refractivity (Wildman–Crippen MR) is 62.0 cm³/mol. The molecule has 15 heavy (non-hydrogen) atoms. The summed E-state index contributed by atoms with van der Waals surface area (Å²) in [7, 11) is 0. The van der Waals surface area contributed by atoms with Gasteiger partial charge in [-0.15, -0.1) is 0 Å². The van der Waals surface area contributed by atoms with Gasteiger partial charge in [-0.05, 0) is 23.5 Å². The lowest BCUT2D eigenvalue weighted by molar-refractivity contribution is -0.126. The highest BCUT2D eigenvalue weighted by molar-refractivity contribution is 5.84. The van der Waals surface area contributed by atoms with Crippen LogP contribution in [0.5, 0.6) is 0 Å². The number of ketones is 1. The van der Waals surface area contributed by atoms with Crippen LogP contribution in [0.3, 0.4) is 0 Å². The molecular formula is C14H18O. The van der Waals surface area contributed by atoms with Gasteiger partial charge in [0.1, 0.15) is 5.78 Å². The normalized spacial score (nSPS) is 19.3. The summed E-state index contributed by atoms with van der Waals surface area (Å²) in [4.78, 5) is 11.9. The third kappa shape index (κ3) is 1.97. The van der Waals surface area contributed by atoms with E-state index in [9.17, 15) is 4.79 Å². The summed E-state index contributed by atoms with van der Waals surface area (Å²) in [6, 6.07) is 8.44. The quantitative estimate of drug-likeness (QED) is 0.719. The molecule has 2 rings (SSSR count). The van der Waals surface area contributed by atoms with Crippen LogP contribution in [0.4, 0.5) is 0 Å². The van der Waals surface area contributed by atoms with E-state index >= 15 is 0 Å². The summed E-state index contributed by atoms with van der Waals surface area (Å²) in [5, 5.41) is 0. The van der Waals surface area contributed by atoms with E-state index in [0.717, 1.165) is 6.42 Å². The van der Waals surface area contributed by atoms with E-state index in [0.29, 0.717) is 18.1 Å². The van der Waals surface area contributed by atoms with Crippen LogP contribution in [0.2, 0.25) is 0 Å². The Bertz CT molecular complexity index is 385. The maximum Gasteiger partial charge on any atom is 0.138 e. The SMILES string of the molecule is CC(C)(C)C(=O)CC1Cc2ccccc21. The minimum atomic E-state index is -0.190. The van der Waals surface area contributed by atoms with Gasteiger partial charge in [-0.2, -0.15) is 0 Å². The van der Waals surface area contributed by atoms with Gasteiger partial charge in [-0.25, -0.2) is 0 Å². The topological polar surface area (TPSA) is 17.1 Å². The van der Waals surface area contributed by atoms with Gasteiger partial charge in [0, 0.05) is 11.8 Å². The number of carbonyl (C=O) groups excluding carboxylic acids is 1. The van der Waals surface area contributed by atoms with Crippen LogP contribution in [0, 0.1) is 5.41 Å². The van der Waals surface area contributed by atoms with Crippen molar-refractivity contribution in [1.29, 1.82) is 0 Å². The first kappa shape index (κ1) is 10.4. The van der Waals surface area contributed by atoms with E-state index in [-0.39, 0.29) is 5.41 Å². The second kappa shape index (κ2) is 3.48. The molecule has 1 aliphatic carbocycles. The van der Waals surface area contributed by atoms with E-state index in [2.05, 4.69) is 24.3 Å². The number of hydrogen-bond donors (Lipinski definition) is 0. The lowest BCUT2D eigenvalue weighted by Crippen LogP contribution is -2.26. The van der Waals surface area contributed by atoms with Crippen LogP contribution in [-0.4, -0.2) is 5.78 Å². The second-order valence-electron chi connectivity index (χ2n) is 5.48. The molecule has 0 N–H and O–H groups in total. The Morgan fingerprint density at radius 2 is 2.00 bits per heavy atom. The van der Waals surface area contributed by atoms with Crippen LogP contribution in [-0.2, 0) is 11.2 Å². The molecule has 0 aromatic heterocycles. The minimum Gasteiger partial charge on any atom is -0.299 e. The Balaban J connectivity index is 2.04. The van der Waals surface area contributed by atoms with Crippen molar-refractivity contribution in [3.8, 4) is 0 Å². The summed E-state index contributed by atoms with van der Waals surface area (Å²) in [5.74, 6) is 0.856. The van der Waals surface area contributed by atoms with Crippen molar-refractivity contribution in [3.05, 3.63) is 35.4 Å².